The number of carbonyl (C=O) groups excluding carboxylic acids is 1. The summed E-state index contributed by atoms with van der Waals surface area (Å²) in [7, 11) is 0. The van der Waals surface area contributed by atoms with Gasteiger partial charge in [-0.1, -0.05) is 57.0 Å². The van der Waals surface area contributed by atoms with Crippen molar-refractivity contribution in [3.05, 3.63) is 65.6 Å². The van der Waals surface area contributed by atoms with Gasteiger partial charge in [-0.15, -0.1) is 6.42 Å². The summed E-state index contributed by atoms with van der Waals surface area (Å²) >= 11 is 0. The molecule has 1 N–H and O–H groups in total. The third-order valence-corrected chi connectivity index (χ3v) is 6.43. The van der Waals surface area contributed by atoms with Gasteiger partial charge in [0, 0.05) is 17.7 Å². The Morgan fingerprint density at radius 1 is 1.11 bits per heavy atom. The van der Waals surface area contributed by atoms with Gasteiger partial charge in [-0.05, 0) is 79.7 Å². The summed E-state index contributed by atoms with van der Waals surface area (Å²) < 4.78 is 5.63. The summed E-state index contributed by atoms with van der Waals surface area (Å²) in [5, 5.41) is 0. The first-order valence-electron chi connectivity index (χ1n) is 12.7. The summed E-state index contributed by atoms with van der Waals surface area (Å²) in [6.45, 7) is 12.9. The average molecular weight is 494 g/mol. The molecule has 2 heterocycles. The molecular formula is C32H35N3O2. The van der Waals surface area contributed by atoms with Gasteiger partial charge in [0.15, 0.2) is 0 Å². The fourth-order valence-electron chi connectivity index (χ4n) is 4.56. The molecule has 1 fully saturated rings. The van der Waals surface area contributed by atoms with Crippen LogP contribution in [-0.4, -0.2) is 33.1 Å². The number of hydrogen-bond donors (Lipinski definition) is 1. The minimum absolute atomic E-state index is 0.0256. The SMILES string of the molecule is C#CC#Cc1ccc(-c2cnc([C@@H]3CCCN3C(=O)OC(C)(C)C)[nH]2)cc1-c1cccc(C(C)(C)C)c1. The second-order valence-corrected chi connectivity index (χ2v) is 11.5. The van der Waals surface area contributed by atoms with Gasteiger partial charge in [0.25, 0.3) is 0 Å². The molecule has 0 radical (unpaired) electrons. The second kappa shape index (κ2) is 10.2. The molecule has 0 unspecified atom stereocenters. The Hall–Kier alpha value is -3.96. The normalized spacial score (nSPS) is 15.6. The van der Waals surface area contributed by atoms with Crippen LogP contribution in [0.15, 0.2) is 48.7 Å². The summed E-state index contributed by atoms with van der Waals surface area (Å²) in [5.74, 6) is 9.06. The number of terminal acetylenes is 1. The van der Waals surface area contributed by atoms with Crippen LogP contribution >= 0.6 is 0 Å². The van der Waals surface area contributed by atoms with Crippen LogP contribution in [0.25, 0.3) is 22.4 Å². The van der Waals surface area contributed by atoms with Gasteiger partial charge in [0.05, 0.1) is 17.9 Å². The van der Waals surface area contributed by atoms with Crippen molar-refractivity contribution in [1.82, 2.24) is 14.9 Å². The Balaban J connectivity index is 1.69. The van der Waals surface area contributed by atoms with Crippen molar-refractivity contribution in [3.8, 4) is 46.6 Å². The maximum atomic E-state index is 12.8. The third-order valence-electron chi connectivity index (χ3n) is 6.43. The van der Waals surface area contributed by atoms with E-state index in [0.29, 0.717) is 6.54 Å². The smallest absolute Gasteiger partial charge is 0.410 e. The van der Waals surface area contributed by atoms with E-state index in [1.807, 2.05) is 39.1 Å². The van der Waals surface area contributed by atoms with Crippen molar-refractivity contribution in [1.29, 1.82) is 0 Å². The number of nitrogens with one attached hydrogen (secondary N) is 1. The molecule has 4 rings (SSSR count). The van der Waals surface area contributed by atoms with E-state index in [1.165, 1.54) is 5.56 Å². The van der Waals surface area contributed by atoms with Crippen LogP contribution in [0.2, 0.25) is 0 Å². The third kappa shape index (κ3) is 6.07. The monoisotopic (exact) mass is 493 g/mol. The minimum Gasteiger partial charge on any atom is -0.444 e. The molecule has 1 saturated heterocycles. The van der Waals surface area contributed by atoms with Crippen LogP contribution in [0.5, 0.6) is 0 Å². The molecule has 1 aliphatic heterocycles. The Morgan fingerprint density at radius 3 is 2.59 bits per heavy atom. The van der Waals surface area contributed by atoms with Crippen LogP contribution in [0.3, 0.4) is 0 Å². The quantitative estimate of drug-likeness (QED) is 0.396. The predicted molar refractivity (Wildman–Crippen MR) is 149 cm³/mol. The Morgan fingerprint density at radius 2 is 1.89 bits per heavy atom. The molecule has 0 spiro atoms. The number of imidazole rings is 1. The van der Waals surface area contributed by atoms with Crippen molar-refractivity contribution < 1.29 is 9.53 Å². The fourth-order valence-corrected chi connectivity index (χ4v) is 4.56. The highest BCUT2D eigenvalue weighted by Gasteiger charge is 2.34. The van der Waals surface area contributed by atoms with E-state index in [1.54, 1.807) is 4.90 Å². The summed E-state index contributed by atoms with van der Waals surface area (Å²) in [6, 6.07) is 14.6. The lowest BCUT2D eigenvalue weighted by Gasteiger charge is -2.27. The number of ether oxygens (including phenoxy) is 1. The van der Waals surface area contributed by atoms with Crippen LogP contribution in [-0.2, 0) is 10.2 Å². The zero-order valence-corrected chi connectivity index (χ0v) is 22.6. The minimum atomic E-state index is -0.538. The lowest BCUT2D eigenvalue weighted by Crippen LogP contribution is -2.36. The Kier molecular flexibility index (Phi) is 7.19. The summed E-state index contributed by atoms with van der Waals surface area (Å²) in [5.41, 5.74) is 5.58. The standard InChI is InChI=1S/C32H35N3O2/c1-8-9-12-22-16-17-24(20-26(22)23-13-10-14-25(19-23)31(2,3)4)27-21-33-29(34-27)28-15-11-18-35(28)30(36)37-32(5,6)7/h1,10,13-14,16-17,19-21,28H,11,15,18H2,2-7H3,(H,33,34)/t28-/m0/s1. The van der Waals surface area contributed by atoms with Gasteiger partial charge >= 0.3 is 6.09 Å². The zero-order valence-electron chi connectivity index (χ0n) is 22.6. The molecule has 0 bridgehead atoms. The number of hydrogen-bond acceptors (Lipinski definition) is 3. The van der Waals surface area contributed by atoms with Crippen molar-refractivity contribution >= 4 is 6.09 Å². The molecule has 37 heavy (non-hydrogen) atoms. The number of nitrogens with zero attached hydrogens (tertiary/aromatic N) is 2. The Bertz CT molecular complexity index is 1400. The molecular weight excluding hydrogens is 458 g/mol. The molecule has 1 aliphatic rings. The van der Waals surface area contributed by atoms with E-state index in [2.05, 4.69) is 78.8 Å². The van der Waals surface area contributed by atoms with Crippen LogP contribution in [0.1, 0.15) is 77.4 Å². The highest BCUT2D eigenvalue weighted by molar-refractivity contribution is 5.78. The summed E-state index contributed by atoms with van der Waals surface area (Å²) in [4.78, 5) is 22.7. The van der Waals surface area contributed by atoms with Gasteiger partial charge in [-0.2, -0.15) is 0 Å². The second-order valence-electron chi connectivity index (χ2n) is 11.5. The number of likely N-dealkylation sites (tertiary alicyclic amines) is 1. The van der Waals surface area contributed by atoms with E-state index in [0.717, 1.165) is 46.6 Å². The molecule has 1 amide bonds. The topological polar surface area (TPSA) is 58.2 Å². The van der Waals surface area contributed by atoms with Crippen LogP contribution in [0, 0.1) is 24.2 Å². The number of carbonyl (C=O) groups is 1. The molecule has 1 aromatic heterocycles. The predicted octanol–water partition coefficient (Wildman–Crippen LogP) is 7.10. The van der Waals surface area contributed by atoms with E-state index in [9.17, 15) is 4.79 Å². The maximum Gasteiger partial charge on any atom is 0.410 e. The van der Waals surface area contributed by atoms with E-state index >= 15 is 0 Å². The van der Waals surface area contributed by atoms with Gasteiger partial charge in [0.1, 0.15) is 11.4 Å². The van der Waals surface area contributed by atoms with Crippen molar-refractivity contribution in [2.75, 3.05) is 6.54 Å². The first-order valence-corrected chi connectivity index (χ1v) is 12.7. The van der Waals surface area contributed by atoms with E-state index in [4.69, 9.17) is 11.2 Å². The van der Waals surface area contributed by atoms with Gasteiger partial charge in [-0.3, -0.25) is 4.90 Å². The fraction of sp³-hybridized carbons (Fsp3) is 0.375. The zero-order chi connectivity index (χ0) is 26.8. The van der Waals surface area contributed by atoms with Gasteiger partial charge in [-0.25, -0.2) is 9.78 Å². The first-order chi connectivity index (χ1) is 17.5. The maximum absolute atomic E-state index is 12.8. The number of amides is 1. The molecule has 5 nitrogen and oxygen atoms in total. The van der Waals surface area contributed by atoms with E-state index in [-0.39, 0.29) is 17.6 Å². The summed E-state index contributed by atoms with van der Waals surface area (Å²) in [6.07, 6.45) is 8.71. The van der Waals surface area contributed by atoms with Crippen molar-refractivity contribution in [3.63, 3.8) is 0 Å². The molecule has 1 atom stereocenters. The van der Waals surface area contributed by atoms with Crippen LogP contribution < -0.4 is 0 Å². The largest absolute Gasteiger partial charge is 0.444 e. The van der Waals surface area contributed by atoms with Gasteiger partial charge < -0.3 is 9.72 Å². The number of rotatable bonds is 3. The number of H-pyrrole nitrogens is 1. The molecule has 2 aromatic carbocycles. The van der Waals surface area contributed by atoms with Crippen molar-refractivity contribution in [2.24, 2.45) is 0 Å². The Labute approximate surface area is 220 Å². The molecule has 0 aliphatic carbocycles. The number of aromatic amines is 1. The molecule has 0 saturated carbocycles. The highest BCUT2D eigenvalue weighted by atomic mass is 16.6. The van der Waals surface area contributed by atoms with Gasteiger partial charge in [0.2, 0.25) is 0 Å². The highest BCUT2D eigenvalue weighted by Crippen LogP contribution is 2.35. The number of aromatic nitrogens is 2. The lowest BCUT2D eigenvalue weighted by molar-refractivity contribution is 0.0218. The van der Waals surface area contributed by atoms with E-state index < -0.39 is 5.60 Å². The molecule has 3 aromatic rings. The molecule has 190 valence electrons. The van der Waals surface area contributed by atoms with Crippen LogP contribution in [0.4, 0.5) is 4.79 Å². The lowest BCUT2D eigenvalue weighted by atomic mass is 9.85. The first kappa shape index (κ1) is 26.1. The van der Waals surface area contributed by atoms with Crippen molar-refractivity contribution in [2.45, 2.75) is 71.4 Å². The number of benzene rings is 2. The molecule has 5 heteroatoms. The average Bonchev–Trinajstić information content (AvgIpc) is 3.51.